The molecule has 0 spiro atoms. The largest absolute Gasteiger partial charge is 0.491 e. The van der Waals surface area contributed by atoms with E-state index in [9.17, 15) is 4.79 Å². The summed E-state index contributed by atoms with van der Waals surface area (Å²) in [6, 6.07) is 5.45. The number of rotatable bonds is 3. The van der Waals surface area contributed by atoms with Gasteiger partial charge < -0.3 is 15.4 Å². The summed E-state index contributed by atoms with van der Waals surface area (Å²) in [5.41, 5.74) is 8.08. The molecule has 0 fully saturated rings. The van der Waals surface area contributed by atoms with Crippen molar-refractivity contribution in [2.24, 2.45) is 0 Å². The zero-order chi connectivity index (χ0) is 17.3. The highest BCUT2D eigenvalue weighted by atomic mass is 79.9. The predicted molar refractivity (Wildman–Crippen MR) is 94.8 cm³/mol. The maximum atomic E-state index is 12.9. The van der Waals surface area contributed by atoms with Crippen LogP contribution in [0.3, 0.4) is 0 Å². The minimum absolute atomic E-state index is 0.0348. The van der Waals surface area contributed by atoms with E-state index in [1.807, 2.05) is 26.0 Å². The summed E-state index contributed by atoms with van der Waals surface area (Å²) in [6.07, 6.45) is 2.43. The fraction of sp³-hybridized carbons (Fsp3) is 0.353. The van der Waals surface area contributed by atoms with E-state index >= 15 is 0 Å². The molecule has 1 aromatic carbocycles. The summed E-state index contributed by atoms with van der Waals surface area (Å²) < 4.78 is 6.53. The van der Waals surface area contributed by atoms with Gasteiger partial charge in [-0.05, 0) is 32.0 Å². The number of carbonyl (C=O) groups is 1. The standard InChI is InChI=1S/C17H19BrN4O2/c1-10(2)24-14-6-11(5-13(18)7-14)16(23)22-4-3-15-12(9-22)8-20-17(19)21-15/h5-8,10H,3-4,9H2,1-2H3,(H2,19,20,21). The number of ether oxygens (including phenoxy) is 1. The highest BCUT2D eigenvalue weighted by Gasteiger charge is 2.23. The van der Waals surface area contributed by atoms with E-state index in [0.29, 0.717) is 30.8 Å². The second kappa shape index (κ2) is 6.76. The SMILES string of the molecule is CC(C)Oc1cc(Br)cc(C(=O)N2CCc3nc(N)ncc3C2)c1. The van der Waals surface area contributed by atoms with Gasteiger partial charge in [0.05, 0.1) is 11.8 Å². The van der Waals surface area contributed by atoms with Gasteiger partial charge in [0.25, 0.3) is 5.91 Å². The zero-order valence-electron chi connectivity index (χ0n) is 13.6. The van der Waals surface area contributed by atoms with Crippen LogP contribution in [-0.2, 0) is 13.0 Å². The number of hydrogen-bond donors (Lipinski definition) is 1. The lowest BCUT2D eigenvalue weighted by Crippen LogP contribution is -2.36. The van der Waals surface area contributed by atoms with Crippen LogP contribution in [0.25, 0.3) is 0 Å². The number of hydrogen-bond acceptors (Lipinski definition) is 5. The molecule has 0 saturated heterocycles. The third kappa shape index (κ3) is 3.67. The van der Waals surface area contributed by atoms with Crippen molar-refractivity contribution in [3.63, 3.8) is 0 Å². The molecule has 2 N–H and O–H groups in total. The topological polar surface area (TPSA) is 81.3 Å². The highest BCUT2D eigenvalue weighted by Crippen LogP contribution is 2.25. The van der Waals surface area contributed by atoms with Crippen molar-refractivity contribution >= 4 is 27.8 Å². The van der Waals surface area contributed by atoms with Crippen molar-refractivity contribution in [1.29, 1.82) is 0 Å². The van der Waals surface area contributed by atoms with Gasteiger partial charge >= 0.3 is 0 Å². The third-order valence-corrected chi connectivity index (χ3v) is 4.19. The van der Waals surface area contributed by atoms with Gasteiger partial charge in [-0.25, -0.2) is 9.97 Å². The van der Waals surface area contributed by atoms with Crippen LogP contribution in [0.2, 0.25) is 0 Å². The molecule has 0 saturated carbocycles. The molecule has 0 unspecified atom stereocenters. The Labute approximate surface area is 149 Å². The maximum absolute atomic E-state index is 12.9. The molecule has 0 bridgehead atoms. The molecule has 1 aromatic heterocycles. The summed E-state index contributed by atoms with van der Waals surface area (Å²) >= 11 is 3.44. The summed E-state index contributed by atoms with van der Waals surface area (Å²) in [6.45, 7) is 5.00. The van der Waals surface area contributed by atoms with Crippen LogP contribution in [0.15, 0.2) is 28.9 Å². The van der Waals surface area contributed by atoms with Gasteiger partial charge in [0.1, 0.15) is 5.75 Å². The number of nitrogens with two attached hydrogens (primary N) is 1. The molecule has 1 amide bonds. The number of nitrogen functional groups attached to an aromatic ring is 1. The molecule has 0 aliphatic carbocycles. The van der Waals surface area contributed by atoms with Crippen LogP contribution < -0.4 is 10.5 Å². The first-order valence-corrected chi connectivity index (χ1v) is 8.58. The van der Waals surface area contributed by atoms with E-state index in [2.05, 4.69) is 25.9 Å². The van der Waals surface area contributed by atoms with Crippen LogP contribution in [0.1, 0.15) is 35.5 Å². The van der Waals surface area contributed by atoms with E-state index in [0.717, 1.165) is 15.7 Å². The van der Waals surface area contributed by atoms with E-state index < -0.39 is 0 Å². The third-order valence-electron chi connectivity index (χ3n) is 3.73. The average Bonchev–Trinajstić information content (AvgIpc) is 2.52. The number of anilines is 1. The Kier molecular flexibility index (Phi) is 4.71. The molecule has 0 radical (unpaired) electrons. The van der Waals surface area contributed by atoms with Gasteiger partial charge in [-0.1, -0.05) is 15.9 Å². The predicted octanol–water partition coefficient (Wildman–Crippen LogP) is 2.81. The van der Waals surface area contributed by atoms with E-state index in [1.54, 1.807) is 17.2 Å². The second-order valence-electron chi connectivity index (χ2n) is 6.02. The quantitative estimate of drug-likeness (QED) is 0.870. The summed E-state index contributed by atoms with van der Waals surface area (Å²) in [5.74, 6) is 0.916. The number of halogens is 1. The Morgan fingerprint density at radius 1 is 1.38 bits per heavy atom. The molecule has 3 rings (SSSR count). The van der Waals surface area contributed by atoms with Gasteiger partial charge in [0.2, 0.25) is 5.95 Å². The first-order valence-electron chi connectivity index (χ1n) is 7.79. The number of nitrogens with zero attached hydrogens (tertiary/aromatic N) is 3. The molecule has 2 heterocycles. The van der Waals surface area contributed by atoms with Crippen LogP contribution in [-0.4, -0.2) is 33.4 Å². The Morgan fingerprint density at radius 2 is 2.17 bits per heavy atom. The molecule has 1 aliphatic heterocycles. The van der Waals surface area contributed by atoms with Crippen molar-refractivity contribution in [3.8, 4) is 5.75 Å². The molecule has 0 atom stereocenters. The Hall–Kier alpha value is -2.15. The van der Waals surface area contributed by atoms with E-state index in [1.165, 1.54) is 0 Å². The van der Waals surface area contributed by atoms with Gasteiger partial charge in [-0.3, -0.25) is 4.79 Å². The highest BCUT2D eigenvalue weighted by molar-refractivity contribution is 9.10. The van der Waals surface area contributed by atoms with Crippen molar-refractivity contribution in [1.82, 2.24) is 14.9 Å². The van der Waals surface area contributed by atoms with Crippen LogP contribution >= 0.6 is 15.9 Å². The number of carbonyl (C=O) groups excluding carboxylic acids is 1. The van der Waals surface area contributed by atoms with Crippen molar-refractivity contribution in [2.45, 2.75) is 32.9 Å². The molecular weight excluding hydrogens is 372 g/mol. The molecule has 1 aliphatic rings. The van der Waals surface area contributed by atoms with Crippen molar-refractivity contribution < 1.29 is 9.53 Å². The zero-order valence-corrected chi connectivity index (χ0v) is 15.2. The molecular formula is C17H19BrN4O2. The summed E-state index contributed by atoms with van der Waals surface area (Å²) in [7, 11) is 0. The second-order valence-corrected chi connectivity index (χ2v) is 6.93. The first kappa shape index (κ1) is 16.7. The summed E-state index contributed by atoms with van der Waals surface area (Å²) in [4.78, 5) is 22.9. The maximum Gasteiger partial charge on any atom is 0.254 e. The monoisotopic (exact) mass is 390 g/mol. The average molecular weight is 391 g/mol. The van der Waals surface area contributed by atoms with Gasteiger partial charge in [0.15, 0.2) is 0 Å². The smallest absolute Gasteiger partial charge is 0.254 e. The van der Waals surface area contributed by atoms with Gasteiger partial charge in [-0.2, -0.15) is 0 Å². The number of amides is 1. The molecule has 24 heavy (non-hydrogen) atoms. The summed E-state index contributed by atoms with van der Waals surface area (Å²) in [5, 5.41) is 0. The first-order chi connectivity index (χ1) is 11.4. The minimum Gasteiger partial charge on any atom is -0.491 e. The van der Waals surface area contributed by atoms with E-state index in [4.69, 9.17) is 10.5 Å². The van der Waals surface area contributed by atoms with Crippen LogP contribution in [0.5, 0.6) is 5.75 Å². The lowest BCUT2D eigenvalue weighted by molar-refractivity contribution is 0.0732. The van der Waals surface area contributed by atoms with Crippen molar-refractivity contribution in [2.75, 3.05) is 12.3 Å². The molecule has 2 aromatic rings. The fourth-order valence-electron chi connectivity index (χ4n) is 2.71. The molecule has 126 valence electrons. The number of fused-ring (bicyclic) bond motifs is 1. The Morgan fingerprint density at radius 3 is 2.92 bits per heavy atom. The normalized spacial score (nSPS) is 13.8. The fourth-order valence-corrected chi connectivity index (χ4v) is 3.19. The van der Waals surface area contributed by atoms with Crippen LogP contribution in [0.4, 0.5) is 5.95 Å². The van der Waals surface area contributed by atoms with Crippen LogP contribution in [0, 0.1) is 0 Å². The number of aromatic nitrogens is 2. The Bertz CT molecular complexity index is 779. The lowest BCUT2D eigenvalue weighted by atomic mass is 10.1. The number of benzene rings is 1. The Balaban J connectivity index is 1.82. The van der Waals surface area contributed by atoms with Gasteiger partial charge in [-0.15, -0.1) is 0 Å². The van der Waals surface area contributed by atoms with Crippen molar-refractivity contribution in [3.05, 3.63) is 45.7 Å². The lowest BCUT2D eigenvalue weighted by Gasteiger charge is -2.28. The van der Waals surface area contributed by atoms with Gasteiger partial charge in [0, 0.05) is 41.3 Å². The molecule has 7 heteroatoms. The minimum atomic E-state index is -0.0348. The van der Waals surface area contributed by atoms with E-state index in [-0.39, 0.29) is 18.0 Å². The molecule has 6 nitrogen and oxygen atoms in total.